The predicted molar refractivity (Wildman–Crippen MR) is 159 cm³/mol. The molecule has 1 N–H and O–H groups in total. The van der Waals surface area contributed by atoms with Gasteiger partial charge in [0.25, 0.3) is 0 Å². The number of benzene rings is 4. The van der Waals surface area contributed by atoms with E-state index in [4.69, 9.17) is 10.1 Å². The van der Waals surface area contributed by atoms with Crippen molar-refractivity contribution in [1.29, 1.82) is 0 Å². The van der Waals surface area contributed by atoms with Crippen LogP contribution in [0.5, 0.6) is 0 Å². The average molecular weight is 710 g/mol. The number of nitrogens with zero attached hydrogens (tertiary/aromatic N) is 2. The molecule has 0 spiro atoms. The SMILES string of the molecule is CC1(C)c2ccccc2-c2c(-c3cc4c5c(cccc5n3)-c3ccccc3-4)[c-]ccc21.O=C(O)c1ccccn1.[Ir]. The number of aromatic nitrogens is 2. The average Bonchev–Trinajstić information content (AvgIpc) is 3.44. The monoisotopic (exact) mass is 710 g/mol. The van der Waals surface area contributed by atoms with Crippen LogP contribution in [-0.4, -0.2) is 21.0 Å². The van der Waals surface area contributed by atoms with Crippen LogP contribution in [0.3, 0.4) is 0 Å². The van der Waals surface area contributed by atoms with Gasteiger partial charge in [-0.1, -0.05) is 97.8 Å². The van der Waals surface area contributed by atoms with Crippen LogP contribution in [0.25, 0.3) is 55.5 Å². The van der Waals surface area contributed by atoms with E-state index < -0.39 is 5.97 Å². The second kappa shape index (κ2) is 10.2. The minimum absolute atomic E-state index is 0. The summed E-state index contributed by atoms with van der Waals surface area (Å²) < 4.78 is 0. The molecule has 2 aliphatic rings. The molecule has 5 heteroatoms. The van der Waals surface area contributed by atoms with Crippen molar-refractivity contribution in [1.82, 2.24) is 9.97 Å². The molecule has 1 radical (unpaired) electrons. The van der Waals surface area contributed by atoms with Crippen LogP contribution in [-0.2, 0) is 25.5 Å². The number of aromatic carboxylic acids is 1. The van der Waals surface area contributed by atoms with Crippen molar-refractivity contribution >= 4 is 16.9 Å². The van der Waals surface area contributed by atoms with Gasteiger partial charge in [0.2, 0.25) is 0 Å². The van der Waals surface area contributed by atoms with Gasteiger partial charge in [0.1, 0.15) is 5.69 Å². The van der Waals surface area contributed by atoms with Crippen LogP contribution >= 0.6 is 0 Å². The Kier molecular flexibility index (Phi) is 6.65. The molecular weight excluding hydrogens is 685 g/mol. The Morgan fingerprint density at radius 1 is 0.756 bits per heavy atom. The van der Waals surface area contributed by atoms with Gasteiger partial charge in [0.05, 0.1) is 5.52 Å². The van der Waals surface area contributed by atoms with E-state index in [9.17, 15) is 4.79 Å². The molecule has 0 unspecified atom stereocenters. The molecule has 4 aromatic carbocycles. The molecule has 0 saturated heterocycles. The molecule has 2 aromatic heterocycles. The number of carboxylic acids is 1. The molecule has 4 nitrogen and oxygen atoms in total. The Morgan fingerprint density at radius 2 is 1.44 bits per heavy atom. The summed E-state index contributed by atoms with van der Waals surface area (Å²) in [5, 5.41) is 9.59. The first-order chi connectivity index (χ1) is 19.4. The fraction of sp³-hybridized carbons (Fsp3) is 0.0833. The van der Waals surface area contributed by atoms with Gasteiger partial charge < -0.3 is 5.11 Å². The maximum absolute atomic E-state index is 10.1. The smallest absolute Gasteiger partial charge is 0.354 e. The molecule has 0 bridgehead atoms. The van der Waals surface area contributed by atoms with E-state index in [2.05, 4.69) is 110 Å². The van der Waals surface area contributed by atoms with Crippen LogP contribution in [0, 0.1) is 6.07 Å². The zero-order valence-corrected chi connectivity index (χ0v) is 24.9. The third-order valence-corrected chi connectivity index (χ3v) is 8.02. The van der Waals surface area contributed by atoms with Gasteiger partial charge in [0, 0.05) is 31.7 Å². The summed E-state index contributed by atoms with van der Waals surface area (Å²) in [5.74, 6) is -0.990. The predicted octanol–water partition coefficient (Wildman–Crippen LogP) is 8.43. The molecule has 0 amide bonds. The number of hydrogen-bond acceptors (Lipinski definition) is 3. The van der Waals surface area contributed by atoms with E-state index >= 15 is 0 Å². The summed E-state index contributed by atoms with van der Waals surface area (Å²) >= 11 is 0. The van der Waals surface area contributed by atoms with Gasteiger partial charge in [-0.15, -0.1) is 29.3 Å². The first-order valence-corrected chi connectivity index (χ1v) is 13.3. The molecule has 6 aromatic rings. The van der Waals surface area contributed by atoms with Crippen LogP contribution < -0.4 is 0 Å². The summed E-state index contributed by atoms with van der Waals surface area (Å²) in [6, 6.07) is 38.8. The van der Waals surface area contributed by atoms with E-state index in [0.29, 0.717) is 0 Å². The third-order valence-electron chi connectivity index (χ3n) is 8.02. The van der Waals surface area contributed by atoms with E-state index in [0.717, 1.165) is 16.8 Å². The van der Waals surface area contributed by atoms with Gasteiger partial charge in [0.15, 0.2) is 0 Å². The summed E-state index contributed by atoms with van der Waals surface area (Å²) in [6.07, 6.45) is 1.45. The van der Waals surface area contributed by atoms with E-state index in [-0.39, 0.29) is 31.2 Å². The van der Waals surface area contributed by atoms with Gasteiger partial charge in [-0.25, -0.2) is 9.78 Å². The number of fused-ring (bicyclic) bond motifs is 6. The maximum atomic E-state index is 10.1. The second-order valence-electron chi connectivity index (χ2n) is 10.6. The molecule has 8 rings (SSSR count). The van der Waals surface area contributed by atoms with Crippen molar-refractivity contribution in [3.63, 3.8) is 0 Å². The van der Waals surface area contributed by atoms with Crippen molar-refractivity contribution in [3.8, 4) is 44.6 Å². The molecule has 0 saturated carbocycles. The second-order valence-corrected chi connectivity index (χ2v) is 10.6. The summed E-state index contributed by atoms with van der Waals surface area (Å²) in [5.41, 5.74) is 13.7. The van der Waals surface area contributed by atoms with E-state index in [1.54, 1.807) is 12.1 Å². The molecule has 0 atom stereocenters. The quantitative estimate of drug-likeness (QED) is 0.183. The topological polar surface area (TPSA) is 63.1 Å². The molecule has 0 fully saturated rings. The Balaban J connectivity index is 0.000000262. The number of carbonyl (C=O) groups is 1. The Bertz CT molecular complexity index is 1970. The van der Waals surface area contributed by atoms with Crippen molar-refractivity contribution < 1.29 is 30.0 Å². The summed E-state index contributed by atoms with van der Waals surface area (Å²) in [4.78, 5) is 18.9. The number of pyridine rings is 2. The Morgan fingerprint density at radius 3 is 2.15 bits per heavy atom. The summed E-state index contributed by atoms with van der Waals surface area (Å²) in [6.45, 7) is 4.63. The number of rotatable bonds is 2. The number of hydrogen-bond donors (Lipinski definition) is 1. The summed E-state index contributed by atoms with van der Waals surface area (Å²) in [7, 11) is 0. The van der Waals surface area contributed by atoms with Crippen molar-refractivity contribution in [2.45, 2.75) is 19.3 Å². The van der Waals surface area contributed by atoms with E-state index in [1.807, 2.05) is 0 Å². The minimum Gasteiger partial charge on any atom is -0.477 e. The molecule has 201 valence electrons. The van der Waals surface area contributed by atoms with E-state index in [1.165, 1.54) is 62.2 Å². The minimum atomic E-state index is -0.990. The van der Waals surface area contributed by atoms with Crippen molar-refractivity contribution in [3.05, 3.63) is 132 Å². The first kappa shape index (κ1) is 26.8. The van der Waals surface area contributed by atoms with Gasteiger partial charge in [-0.3, -0.25) is 4.98 Å². The largest absolute Gasteiger partial charge is 0.477 e. The van der Waals surface area contributed by atoms with Crippen LogP contribution in [0.15, 0.2) is 109 Å². The Hall–Kier alpha value is -4.44. The molecule has 41 heavy (non-hydrogen) atoms. The number of carboxylic acid groups (broad SMARTS) is 1. The molecular formula is C36H25IrN2O2-. The van der Waals surface area contributed by atoms with Gasteiger partial charge in [-0.05, 0) is 57.1 Å². The van der Waals surface area contributed by atoms with Gasteiger partial charge in [-0.2, -0.15) is 0 Å². The molecule has 2 aliphatic carbocycles. The van der Waals surface area contributed by atoms with Crippen LogP contribution in [0.2, 0.25) is 0 Å². The van der Waals surface area contributed by atoms with Crippen molar-refractivity contribution in [2.24, 2.45) is 0 Å². The molecule has 0 aliphatic heterocycles. The van der Waals surface area contributed by atoms with Crippen LogP contribution in [0.4, 0.5) is 0 Å². The Labute approximate surface area is 252 Å². The maximum Gasteiger partial charge on any atom is 0.354 e. The standard InChI is InChI=1S/C30H20N.C6H5NO2.Ir/c1-30(2)24-14-6-5-11-21(24)28-22(13-7-15-25(28)30)27-17-23-19-10-4-3-9-18(19)20-12-8-16-26(31-27)29(20)23;8-6(9)5-3-1-2-4-7-5;/h3-12,14-17H,1-2H3;1-4H,(H,8,9);/q-1;;. The zero-order chi connectivity index (χ0) is 27.4. The fourth-order valence-corrected chi connectivity index (χ4v) is 6.19. The molecule has 2 heterocycles. The third kappa shape index (κ3) is 4.21. The normalized spacial score (nSPS) is 12.8. The zero-order valence-electron chi connectivity index (χ0n) is 22.5. The van der Waals surface area contributed by atoms with Crippen molar-refractivity contribution in [2.75, 3.05) is 0 Å². The fourth-order valence-electron chi connectivity index (χ4n) is 6.19. The van der Waals surface area contributed by atoms with Crippen LogP contribution in [0.1, 0.15) is 35.5 Å². The first-order valence-electron chi connectivity index (χ1n) is 13.3. The van der Waals surface area contributed by atoms with Gasteiger partial charge >= 0.3 is 5.97 Å².